The quantitative estimate of drug-likeness (QED) is 0.0265. The molecule has 4 aliphatic carbocycles. The van der Waals surface area contributed by atoms with Gasteiger partial charge >= 0.3 is 0 Å². The molecule has 1 saturated heterocycles. The summed E-state index contributed by atoms with van der Waals surface area (Å²) >= 11 is 1.61. The Balaban J connectivity index is 0.000000121. The Morgan fingerprint density at radius 3 is 0.962 bits per heavy atom. The lowest BCUT2D eigenvalue weighted by molar-refractivity contribution is -0.126. The van der Waals surface area contributed by atoms with Crippen LogP contribution < -0.4 is 31.9 Å². The Morgan fingerprint density at radius 2 is 0.677 bits per heavy atom. The van der Waals surface area contributed by atoms with Gasteiger partial charge in [-0.25, -0.2) is 39.5 Å². The molecule has 133 heavy (non-hydrogen) atoms. The minimum absolute atomic E-state index is 0.0133. The van der Waals surface area contributed by atoms with Gasteiger partial charge in [-0.15, -0.1) is 11.3 Å². The third kappa shape index (κ3) is 21.6. The number of thiophene rings is 1. The molecule has 0 bridgehead atoms. The van der Waals surface area contributed by atoms with E-state index in [2.05, 4.69) is 82.9 Å². The molecule has 15 aromatic rings. The van der Waals surface area contributed by atoms with Crippen LogP contribution in [0.25, 0.3) is 115 Å². The third-order valence-electron chi connectivity index (χ3n) is 23.3. The number of carbonyl (C=O) groups excluding carboxylic acids is 5. The molecular weight excluding hydrogens is 1750 g/mol. The van der Waals surface area contributed by atoms with E-state index in [1.807, 2.05) is 29.7 Å². The van der Waals surface area contributed by atoms with Gasteiger partial charge in [-0.2, -0.15) is 25.5 Å². The predicted octanol–water partition coefficient (Wildman–Crippen LogP) is 17.2. The molecule has 0 radical (unpaired) electrons. The van der Waals surface area contributed by atoms with Gasteiger partial charge < -0.3 is 57.4 Å². The first-order valence-electron chi connectivity index (χ1n) is 41.9. The summed E-state index contributed by atoms with van der Waals surface area (Å²) in [4.78, 5) is 62.1. The van der Waals surface area contributed by atoms with E-state index in [1.54, 1.807) is 115 Å². The van der Waals surface area contributed by atoms with Crippen LogP contribution in [0, 0.1) is 68.6 Å². The molecule has 5 fully saturated rings. The summed E-state index contributed by atoms with van der Waals surface area (Å²) in [5, 5.41) is 103. The minimum Gasteiger partial charge on any atom is -0.395 e. The van der Waals surface area contributed by atoms with E-state index in [4.69, 9.17) is 0 Å². The second-order valence-corrected chi connectivity index (χ2v) is 33.8. The molecule has 2 atom stereocenters. The number of rotatable bonds is 23. The van der Waals surface area contributed by atoms with Crippen LogP contribution in [0.2, 0.25) is 0 Å². The highest BCUT2D eigenvalue weighted by Gasteiger charge is 2.52. The Labute approximate surface area is 754 Å². The van der Waals surface area contributed by atoms with Crippen molar-refractivity contribution in [1.29, 1.82) is 0 Å². The van der Waals surface area contributed by atoms with Crippen LogP contribution in [-0.4, -0.2) is 150 Å². The van der Waals surface area contributed by atoms with Crippen molar-refractivity contribution < 1.29 is 89.0 Å². The number of halogens is 9. The van der Waals surface area contributed by atoms with Gasteiger partial charge in [0.2, 0.25) is 23.6 Å². The fraction of sp³-hybridized carbons (Fsp3) is 0.196. The number of hydrogen-bond donors (Lipinski definition) is 16. The summed E-state index contributed by atoms with van der Waals surface area (Å²) < 4.78 is 124. The standard InChI is InChI=1S/C20H18F2N4O2.2C20H17F2N3O2.C19H15F2N3O2.C18H16FN3O2S/c21-12-4-1-11(2-5-12)3-6-16-14-8-18(15(22)9-17(14)26-25-16)24-20(28)19-7-13(27)10-23-19;21-13-4-1-12(2-5-13)3-6-16-14-9-18(15(22)10-17(14)25-24-16)23-19(27)20(11-26)7-8-20;21-13-3-1-2-12(8-13)4-5-16-14-9-18(15(22)10-17(14)25-24-16)23-19(27)20(11-26)6-7-20;20-12-4-1-11(2-5-12)3-6-15-13-9-17(14(21)10-16(13)24-23-15)22-18(25)19(26)7-8-19;19-13-9-15-12(8-16(13)20-17(24)18(10-23)5-6-18)14(21-22-15)4-3-11-2-1-7-25-11/h1-6,8-9,13,19,23,27H,7,10H2,(H,24,28)(H,25,26);1-6,9-10,26H,7-8,11H2,(H,23,27)(H,24,25);1-5,8-10,26H,6-7,11H2,(H,23,27)(H,24,25);1-6,9-10,26H,7-8H2,(H,22,25)(H,23,24);1-4,7-9,23H,5-6,10H2,(H,20,24)(H,21,22)/b2*6-3+;5-4+;6-3+;4-3+/t13-,19+;;;;/m1..../s1. The molecule has 6 aromatic heterocycles. The van der Waals surface area contributed by atoms with Crippen LogP contribution in [0.1, 0.15) is 113 Å². The smallest absolute Gasteiger partial charge is 0.256 e. The van der Waals surface area contributed by atoms with Crippen molar-refractivity contribution in [3.8, 4) is 0 Å². The first kappa shape index (κ1) is 91.5. The van der Waals surface area contributed by atoms with Crippen molar-refractivity contribution >= 4 is 185 Å². The van der Waals surface area contributed by atoms with Crippen molar-refractivity contribution in [2.24, 2.45) is 16.2 Å². The number of anilines is 5. The minimum atomic E-state index is -1.39. The molecular formula is C97H83F9N16O10S. The van der Waals surface area contributed by atoms with E-state index < -0.39 is 74.9 Å². The predicted molar refractivity (Wildman–Crippen MR) is 491 cm³/mol. The van der Waals surface area contributed by atoms with Gasteiger partial charge in [-0.05, 0) is 207 Å². The summed E-state index contributed by atoms with van der Waals surface area (Å²) in [5.74, 6) is -6.31. The fourth-order valence-corrected chi connectivity index (χ4v) is 14.9. The van der Waals surface area contributed by atoms with Gasteiger partial charge in [0.25, 0.3) is 5.91 Å². The maximum Gasteiger partial charge on any atom is 0.256 e. The average Bonchev–Trinajstić information content (AvgIpc) is 1.60. The van der Waals surface area contributed by atoms with Crippen LogP contribution >= 0.6 is 11.3 Å². The molecule has 4 saturated carbocycles. The molecule has 680 valence electrons. The second-order valence-electron chi connectivity index (χ2n) is 32.8. The second kappa shape index (κ2) is 39.1. The Morgan fingerprint density at radius 1 is 0.361 bits per heavy atom. The molecule has 26 nitrogen and oxygen atoms in total. The molecule has 5 aliphatic rings. The molecule has 9 aromatic carbocycles. The first-order chi connectivity index (χ1) is 64.1. The molecule has 5 amide bonds. The molecule has 1 aliphatic heterocycles. The number of amides is 5. The van der Waals surface area contributed by atoms with E-state index in [0.717, 1.165) is 27.0 Å². The van der Waals surface area contributed by atoms with E-state index in [1.165, 1.54) is 103 Å². The van der Waals surface area contributed by atoms with Crippen molar-refractivity contribution in [2.45, 2.75) is 75.5 Å². The van der Waals surface area contributed by atoms with Gasteiger partial charge in [0, 0.05) is 68.7 Å². The Kier molecular flexibility index (Phi) is 26.9. The summed E-state index contributed by atoms with van der Waals surface area (Å²) in [5.41, 5.74) is 4.90. The SMILES string of the molecule is O=C(Nc1cc2c(/C=C/c3ccc(F)cc3)n[nH]c2cc1F)C1(CO)CC1.O=C(Nc1cc2c(/C=C/c3ccc(F)cc3)n[nH]c2cc1F)C1(O)CC1.O=C(Nc1cc2c(/C=C/c3ccc(F)cc3)n[nH]c2cc1F)[C@@H]1C[C@@H](O)CN1.O=C(Nc1cc2c(/C=C/c3cccc(F)c3)n[nH]c2cc1F)C1(CO)CC1.O=C(Nc1cc2c(/C=C/c3cccs3)n[nH]c2cc1F)C1(CO)CC1. The average molecular weight is 1840 g/mol. The number of aromatic nitrogens is 10. The lowest BCUT2D eigenvalue weighted by atomic mass is 10.1. The van der Waals surface area contributed by atoms with Gasteiger partial charge in [-0.3, -0.25) is 49.5 Å². The van der Waals surface area contributed by atoms with Crippen LogP contribution in [-0.2, 0) is 24.0 Å². The number of hydrogen-bond acceptors (Lipinski definition) is 17. The molecule has 0 unspecified atom stereocenters. The van der Waals surface area contributed by atoms with Crippen LogP contribution in [0.5, 0.6) is 0 Å². The third-order valence-corrected chi connectivity index (χ3v) is 24.1. The number of fused-ring (bicyclic) bond motifs is 5. The molecule has 36 heteroatoms. The summed E-state index contributed by atoms with van der Waals surface area (Å²) in [7, 11) is 0. The zero-order valence-corrected chi connectivity index (χ0v) is 71.0. The zero-order valence-electron chi connectivity index (χ0n) is 70.2. The van der Waals surface area contributed by atoms with E-state index in [-0.39, 0.29) is 95.7 Å². The molecule has 7 heterocycles. The monoisotopic (exact) mass is 1830 g/mol. The van der Waals surface area contributed by atoms with Crippen LogP contribution in [0.3, 0.4) is 0 Å². The highest BCUT2D eigenvalue weighted by atomic mass is 32.1. The van der Waals surface area contributed by atoms with Crippen LogP contribution in [0.4, 0.5) is 68.0 Å². The largest absolute Gasteiger partial charge is 0.395 e. The highest BCUT2D eigenvalue weighted by Crippen LogP contribution is 2.49. The molecule has 0 spiro atoms. The maximum absolute atomic E-state index is 14.4. The van der Waals surface area contributed by atoms with Gasteiger partial charge in [-0.1, -0.05) is 78.9 Å². The molecule has 20 rings (SSSR count). The normalized spacial score (nSPS) is 16.3. The van der Waals surface area contributed by atoms with Crippen LogP contribution in [0.15, 0.2) is 175 Å². The lowest BCUT2D eigenvalue weighted by Crippen LogP contribution is -2.35. The van der Waals surface area contributed by atoms with E-state index >= 15 is 0 Å². The van der Waals surface area contributed by atoms with E-state index in [9.17, 15) is 89.0 Å². The number of nitrogens with one attached hydrogen (secondary N) is 11. The number of aromatic amines is 5. The van der Waals surface area contributed by atoms with E-state index in [0.29, 0.717) is 141 Å². The number of benzene rings is 9. The van der Waals surface area contributed by atoms with Crippen molar-refractivity contribution in [2.75, 3.05) is 52.9 Å². The number of H-pyrrole nitrogens is 5. The lowest BCUT2D eigenvalue weighted by Gasteiger charge is -2.13. The van der Waals surface area contributed by atoms with Gasteiger partial charge in [0.05, 0.1) is 133 Å². The first-order valence-corrected chi connectivity index (χ1v) is 42.8. The van der Waals surface area contributed by atoms with Gasteiger partial charge in [0.15, 0.2) is 0 Å². The zero-order chi connectivity index (χ0) is 93.5. The molecule has 16 N–H and O–H groups in total. The summed E-state index contributed by atoms with van der Waals surface area (Å²) in [6.07, 6.45) is 21.7. The topological polar surface area (TPSA) is 402 Å². The van der Waals surface area contributed by atoms with Crippen molar-refractivity contribution in [3.63, 3.8) is 0 Å². The Bertz CT molecular complexity index is 7060. The summed E-state index contributed by atoms with van der Waals surface area (Å²) in [6, 6.07) is 41.4. The highest BCUT2D eigenvalue weighted by molar-refractivity contribution is 7.10. The summed E-state index contributed by atoms with van der Waals surface area (Å²) in [6.45, 7) is -0.390. The van der Waals surface area contributed by atoms with Crippen molar-refractivity contribution in [3.05, 3.63) is 283 Å². The van der Waals surface area contributed by atoms with Gasteiger partial charge in [0.1, 0.15) is 58.0 Å². The number of carbonyl (C=O) groups is 5. The number of nitrogens with zero attached hydrogens (tertiary/aromatic N) is 5. The fourth-order valence-electron chi connectivity index (χ4n) is 14.3. The number of β-amino-alcohol motifs (C(OH)–C–C–N with tert-alkyl or cyclic N) is 1. The number of aliphatic hydroxyl groups is 5. The van der Waals surface area contributed by atoms with Crippen molar-refractivity contribution in [1.82, 2.24) is 56.3 Å². The Hall–Kier alpha value is -14.8. The maximum atomic E-state index is 14.4. The number of aliphatic hydroxyl groups excluding tert-OH is 4.